The normalized spacial score (nSPS) is 11.0. The SMILES string of the molecule is COc1ccc(C(=O)Nc2ccc(S(=O)(=O)Nc3nccs3)cc2)cc1C. The fraction of sp³-hybridized carbons (Fsp3) is 0.111. The van der Waals surface area contributed by atoms with E-state index in [1.54, 1.807) is 30.7 Å². The van der Waals surface area contributed by atoms with Crippen molar-refractivity contribution in [3.63, 3.8) is 0 Å². The molecule has 0 atom stereocenters. The molecule has 0 aliphatic heterocycles. The number of nitrogens with zero attached hydrogens (tertiary/aromatic N) is 1. The summed E-state index contributed by atoms with van der Waals surface area (Å²) in [5.74, 6) is 0.408. The van der Waals surface area contributed by atoms with Crippen LogP contribution in [-0.4, -0.2) is 26.4 Å². The van der Waals surface area contributed by atoms with Crippen LogP contribution in [0, 0.1) is 6.92 Å². The summed E-state index contributed by atoms with van der Waals surface area (Å²) in [7, 11) is -2.15. The molecule has 27 heavy (non-hydrogen) atoms. The van der Waals surface area contributed by atoms with E-state index >= 15 is 0 Å². The fourth-order valence-electron chi connectivity index (χ4n) is 2.39. The molecule has 1 aromatic heterocycles. The number of carbonyl (C=O) groups is 1. The Bertz CT molecular complexity index is 1050. The lowest BCUT2D eigenvalue weighted by molar-refractivity contribution is 0.102. The summed E-state index contributed by atoms with van der Waals surface area (Å²) in [5, 5.41) is 4.71. The average Bonchev–Trinajstić information content (AvgIpc) is 3.14. The Morgan fingerprint density at radius 1 is 1.15 bits per heavy atom. The van der Waals surface area contributed by atoms with E-state index in [1.807, 2.05) is 6.92 Å². The maximum absolute atomic E-state index is 12.4. The van der Waals surface area contributed by atoms with Crippen molar-refractivity contribution in [1.29, 1.82) is 0 Å². The van der Waals surface area contributed by atoms with Gasteiger partial charge in [0.25, 0.3) is 15.9 Å². The van der Waals surface area contributed by atoms with E-state index in [-0.39, 0.29) is 10.8 Å². The molecule has 3 rings (SSSR count). The third-order valence-electron chi connectivity index (χ3n) is 3.73. The zero-order valence-electron chi connectivity index (χ0n) is 14.6. The van der Waals surface area contributed by atoms with Crippen LogP contribution in [0.2, 0.25) is 0 Å². The lowest BCUT2D eigenvalue weighted by atomic mass is 10.1. The standard InChI is InChI=1S/C18H17N3O4S2/c1-12-11-13(3-8-16(12)25-2)17(22)20-14-4-6-15(7-5-14)27(23,24)21-18-19-9-10-26-18/h3-11H,1-2H3,(H,19,21)(H,20,22). The maximum Gasteiger partial charge on any atom is 0.263 e. The number of aryl methyl sites for hydroxylation is 1. The smallest absolute Gasteiger partial charge is 0.263 e. The topological polar surface area (TPSA) is 97.4 Å². The summed E-state index contributed by atoms with van der Waals surface area (Å²) in [4.78, 5) is 16.3. The molecule has 0 saturated heterocycles. The van der Waals surface area contributed by atoms with Crippen molar-refractivity contribution in [2.45, 2.75) is 11.8 Å². The van der Waals surface area contributed by atoms with Gasteiger partial charge in [0.2, 0.25) is 0 Å². The Kier molecular flexibility index (Phi) is 5.43. The monoisotopic (exact) mass is 403 g/mol. The van der Waals surface area contributed by atoms with E-state index in [0.717, 1.165) is 5.56 Å². The lowest BCUT2D eigenvalue weighted by Gasteiger charge is -2.09. The van der Waals surface area contributed by atoms with E-state index in [1.165, 1.54) is 41.8 Å². The molecule has 140 valence electrons. The van der Waals surface area contributed by atoms with Gasteiger partial charge in [-0.1, -0.05) is 0 Å². The Hall–Kier alpha value is -2.91. The summed E-state index contributed by atoms with van der Waals surface area (Å²) in [6.45, 7) is 1.85. The molecule has 1 amide bonds. The number of amides is 1. The third kappa shape index (κ3) is 4.44. The molecule has 0 bridgehead atoms. The number of benzene rings is 2. The zero-order valence-corrected chi connectivity index (χ0v) is 16.2. The van der Waals surface area contributed by atoms with E-state index in [0.29, 0.717) is 22.1 Å². The number of thiazole rings is 1. The van der Waals surface area contributed by atoms with Gasteiger partial charge in [0.15, 0.2) is 5.13 Å². The molecule has 0 spiro atoms. The second-order valence-electron chi connectivity index (χ2n) is 5.61. The molecule has 0 unspecified atom stereocenters. The van der Waals surface area contributed by atoms with Crippen LogP contribution in [0.5, 0.6) is 5.75 Å². The van der Waals surface area contributed by atoms with Crippen molar-refractivity contribution >= 4 is 38.1 Å². The van der Waals surface area contributed by atoms with Gasteiger partial charge in [-0.25, -0.2) is 13.4 Å². The Balaban J connectivity index is 1.72. The summed E-state index contributed by atoms with van der Waals surface area (Å²) in [5.41, 5.74) is 1.82. The van der Waals surface area contributed by atoms with Crippen LogP contribution in [0.15, 0.2) is 58.9 Å². The van der Waals surface area contributed by atoms with Crippen LogP contribution in [0.25, 0.3) is 0 Å². The number of anilines is 2. The summed E-state index contributed by atoms with van der Waals surface area (Å²) in [6, 6.07) is 11.0. The van der Waals surface area contributed by atoms with E-state index < -0.39 is 10.0 Å². The summed E-state index contributed by atoms with van der Waals surface area (Å²) < 4.78 is 32.2. The number of hydrogen-bond donors (Lipinski definition) is 2. The van der Waals surface area contributed by atoms with E-state index in [9.17, 15) is 13.2 Å². The molecule has 1 heterocycles. The largest absolute Gasteiger partial charge is 0.496 e. The van der Waals surface area contributed by atoms with Crippen molar-refractivity contribution in [2.75, 3.05) is 17.1 Å². The maximum atomic E-state index is 12.4. The van der Waals surface area contributed by atoms with Crippen LogP contribution < -0.4 is 14.8 Å². The van der Waals surface area contributed by atoms with E-state index in [2.05, 4.69) is 15.0 Å². The second-order valence-corrected chi connectivity index (χ2v) is 8.18. The zero-order chi connectivity index (χ0) is 19.4. The highest BCUT2D eigenvalue weighted by molar-refractivity contribution is 7.93. The van der Waals surface area contributed by atoms with Crippen LogP contribution in [0.3, 0.4) is 0 Å². The van der Waals surface area contributed by atoms with Gasteiger partial charge < -0.3 is 10.1 Å². The number of ether oxygens (including phenoxy) is 1. The molecule has 0 radical (unpaired) electrons. The number of nitrogens with one attached hydrogen (secondary N) is 2. The molecule has 7 nitrogen and oxygen atoms in total. The average molecular weight is 403 g/mol. The Morgan fingerprint density at radius 2 is 1.89 bits per heavy atom. The third-order valence-corrected chi connectivity index (χ3v) is 5.91. The van der Waals surface area contributed by atoms with Crippen molar-refractivity contribution in [2.24, 2.45) is 0 Å². The molecule has 0 fully saturated rings. The fourth-order valence-corrected chi connectivity index (χ4v) is 4.18. The summed E-state index contributed by atoms with van der Waals surface area (Å²) in [6.07, 6.45) is 1.52. The number of methoxy groups -OCH3 is 1. The molecule has 0 aliphatic carbocycles. The van der Waals surface area contributed by atoms with Crippen LogP contribution >= 0.6 is 11.3 Å². The van der Waals surface area contributed by atoms with E-state index in [4.69, 9.17) is 4.74 Å². The van der Waals surface area contributed by atoms with Gasteiger partial charge in [0, 0.05) is 22.8 Å². The van der Waals surface area contributed by atoms with Gasteiger partial charge in [-0.15, -0.1) is 11.3 Å². The van der Waals surface area contributed by atoms with Gasteiger partial charge in [-0.3, -0.25) is 9.52 Å². The Morgan fingerprint density at radius 3 is 2.48 bits per heavy atom. The van der Waals surface area contributed by atoms with Gasteiger partial charge >= 0.3 is 0 Å². The first-order valence-corrected chi connectivity index (χ1v) is 10.2. The molecular weight excluding hydrogens is 386 g/mol. The van der Waals surface area contributed by atoms with Crippen molar-refractivity contribution in [1.82, 2.24) is 4.98 Å². The number of sulfonamides is 1. The first-order valence-electron chi connectivity index (χ1n) is 7.87. The minimum absolute atomic E-state index is 0.0796. The molecular formula is C18H17N3O4S2. The molecule has 9 heteroatoms. The Labute approximate surface area is 161 Å². The predicted molar refractivity (Wildman–Crippen MR) is 105 cm³/mol. The van der Waals surface area contributed by atoms with Crippen molar-refractivity contribution < 1.29 is 17.9 Å². The van der Waals surface area contributed by atoms with Crippen LogP contribution in [0.4, 0.5) is 10.8 Å². The van der Waals surface area contributed by atoms with Gasteiger partial charge in [0.05, 0.1) is 12.0 Å². The first-order chi connectivity index (χ1) is 12.9. The second kappa shape index (κ2) is 7.77. The minimum Gasteiger partial charge on any atom is -0.496 e. The van der Waals surface area contributed by atoms with Crippen LogP contribution in [0.1, 0.15) is 15.9 Å². The highest BCUT2D eigenvalue weighted by Crippen LogP contribution is 2.21. The highest BCUT2D eigenvalue weighted by atomic mass is 32.2. The molecule has 2 aromatic carbocycles. The molecule has 0 saturated carbocycles. The number of hydrogen-bond acceptors (Lipinski definition) is 6. The minimum atomic E-state index is -3.72. The number of rotatable bonds is 6. The van der Waals surface area contributed by atoms with Gasteiger partial charge in [0.1, 0.15) is 5.75 Å². The number of carbonyl (C=O) groups excluding carboxylic acids is 1. The van der Waals surface area contributed by atoms with Crippen molar-refractivity contribution in [3.8, 4) is 5.75 Å². The highest BCUT2D eigenvalue weighted by Gasteiger charge is 2.16. The lowest BCUT2D eigenvalue weighted by Crippen LogP contribution is -2.14. The van der Waals surface area contributed by atoms with Gasteiger partial charge in [-0.2, -0.15) is 0 Å². The summed E-state index contributed by atoms with van der Waals surface area (Å²) >= 11 is 1.19. The first kappa shape index (κ1) is 18.9. The number of aromatic nitrogens is 1. The van der Waals surface area contributed by atoms with Gasteiger partial charge in [-0.05, 0) is 55.0 Å². The molecule has 2 N–H and O–H groups in total. The predicted octanol–water partition coefficient (Wildman–Crippen LogP) is 3.51. The quantitative estimate of drug-likeness (QED) is 0.656. The molecule has 0 aliphatic rings. The van der Waals surface area contributed by atoms with Crippen molar-refractivity contribution in [3.05, 3.63) is 65.2 Å². The molecule has 3 aromatic rings. The van der Waals surface area contributed by atoms with Crippen LogP contribution in [-0.2, 0) is 10.0 Å².